The van der Waals surface area contributed by atoms with Crippen LogP contribution in [0.25, 0.3) is 0 Å². The average molecular weight is 441 g/mol. The number of rotatable bonds is 4. The highest BCUT2D eigenvalue weighted by atomic mass is 16.7. The van der Waals surface area contributed by atoms with E-state index in [1.807, 2.05) is 13.0 Å². The van der Waals surface area contributed by atoms with Gasteiger partial charge in [-0.15, -0.1) is 0 Å². The summed E-state index contributed by atoms with van der Waals surface area (Å²) in [6, 6.07) is 5.34. The number of ether oxygens (including phenoxy) is 4. The van der Waals surface area contributed by atoms with E-state index >= 15 is 0 Å². The van der Waals surface area contributed by atoms with Crippen molar-refractivity contribution in [2.75, 3.05) is 13.9 Å². The maximum Gasteiger partial charge on any atom is 0.337 e. The highest BCUT2D eigenvalue weighted by molar-refractivity contribution is 6.12. The molecule has 0 bridgehead atoms. The van der Waals surface area contributed by atoms with Crippen molar-refractivity contribution in [1.29, 1.82) is 0 Å². The molecule has 8 nitrogen and oxygen atoms in total. The summed E-state index contributed by atoms with van der Waals surface area (Å²) in [6.07, 6.45) is 0.145. The van der Waals surface area contributed by atoms with Crippen LogP contribution in [0.5, 0.6) is 11.5 Å². The highest BCUT2D eigenvalue weighted by Gasteiger charge is 2.47. The summed E-state index contributed by atoms with van der Waals surface area (Å²) in [5, 5.41) is 3.24. The molecule has 2 heterocycles. The van der Waals surface area contributed by atoms with Gasteiger partial charge in [-0.05, 0) is 50.8 Å². The number of hydrogen-bond acceptors (Lipinski definition) is 8. The number of allylic oxidation sites excluding steroid dienone is 3. The van der Waals surface area contributed by atoms with Gasteiger partial charge < -0.3 is 24.3 Å². The van der Waals surface area contributed by atoms with E-state index in [1.54, 1.807) is 32.9 Å². The van der Waals surface area contributed by atoms with Crippen LogP contribution in [0.15, 0.2) is 40.7 Å². The Morgan fingerprint density at radius 3 is 2.59 bits per heavy atom. The van der Waals surface area contributed by atoms with E-state index < -0.39 is 23.8 Å². The average Bonchev–Trinajstić information content (AvgIpc) is 3.19. The van der Waals surface area contributed by atoms with Crippen molar-refractivity contribution in [2.45, 2.75) is 46.1 Å². The fraction of sp³-hybridized carbons (Fsp3) is 0.458. The Bertz CT molecular complexity index is 1050. The molecule has 3 aliphatic rings. The van der Waals surface area contributed by atoms with Crippen LogP contribution < -0.4 is 14.8 Å². The summed E-state index contributed by atoms with van der Waals surface area (Å²) in [5.74, 6) is -2.18. The smallest absolute Gasteiger partial charge is 0.337 e. The monoisotopic (exact) mass is 441 g/mol. The number of nitrogens with one attached hydrogen (secondary N) is 1. The lowest BCUT2D eigenvalue weighted by Gasteiger charge is -2.38. The fourth-order valence-corrected chi connectivity index (χ4v) is 4.65. The number of dihydropyridines is 1. The quantitative estimate of drug-likeness (QED) is 0.562. The zero-order valence-electron chi connectivity index (χ0n) is 18.8. The molecule has 4 rings (SSSR count). The highest BCUT2D eigenvalue weighted by Crippen LogP contribution is 2.47. The lowest BCUT2D eigenvalue weighted by molar-refractivity contribution is -0.151. The van der Waals surface area contributed by atoms with Gasteiger partial charge in [0.2, 0.25) is 6.79 Å². The van der Waals surface area contributed by atoms with Crippen LogP contribution in [0.1, 0.15) is 45.6 Å². The molecule has 0 saturated carbocycles. The molecule has 8 heteroatoms. The molecule has 2 aliphatic heterocycles. The normalized spacial score (nSPS) is 24.3. The van der Waals surface area contributed by atoms with Gasteiger partial charge in [-0.25, -0.2) is 4.79 Å². The minimum Gasteiger partial charge on any atom is -0.468 e. The summed E-state index contributed by atoms with van der Waals surface area (Å²) in [5.41, 5.74) is 2.74. The first-order valence-electron chi connectivity index (χ1n) is 10.7. The summed E-state index contributed by atoms with van der Waals surface area (Å²) >= 11 is 0. The van der Waals surface area contributed by atoms with Gasteiger partial charge in [0.1, 0.15) is 5.92 Å². The number of carbonyl (C=O) groups excluding carboxylic acids is 3. The zero-order chi connectivity index (χ0) is 23.2. The van der Waals surface area contributed by atoms with Crippen molar-refractivity contribution in [3.63, 3.8) is 0 Å². The first kappa shape index (κ1) is 21.9. The maximum absolute atomic E-state index is 13.7. The van der Waals surface area contributed by atoms with E-state index in [2.05, 4.69) is 5.32 Å². The minimum absolute atomic E-state index is 0.108. The van der Waals surface area contributed by atoms with E-state index in [-0.39, 0.29) is 24.6 Å². The van der Waals surface area contributed by atoms with Crippen molar-refractivity contribution in [2.24, 2.45) is 11.8 Å². The third kappa shape index (κ3) is 3.63. The van der Waals surface area contributed by atoms with Gasteiger partial charge in [0.25, 0.3) is 0 Å². The molecular weight excluding hydrogens is 414 g/mol. The van der Waals surface area contributed by atoms with Crippen molar-refractivity contribution in [3.05, 3.63) is 46.3 Å². The second-order valence-electron chi connectivity index (χ2n) is 8.60. The van der Waals surface area contributed by atoms with Crippen LogP contribution in [0.2, 0.25) is 0 Å². The van der Waals surface area contributed by atoms with Crippen LogP contribution >= 0.6 is 0 Å². The van der Waals surface area contributed by atoms with Crippen LogP contribution in [0.3, 0.4) is 0 Å². The van der Waals surface area contributed by atoms with E-state index in [4.69, 9.17) is 18.9 Å². The number of ketones is 1. The topological polar surface area (TPSA) is 100 Å². The summed E-state index contributed by atoms with van der Waals surface area (Å²) in [7, 11) is 1.27. The Morgan fingerprint density at radius 2 is 1.91 bits per heavy atom. The number of hydrogen-bond donors (Lipinski definition) is 1. The predicted molar refractivity (Wildman–Crippen MR) is 114 cm³/mol. The number of fused-ring (bicyclic) bond motifs is 1. The first-order valence-corrected chi connectivity index (χ1v) is 10.7. The second kappa shape index (κ2) is 8.33. The number of Topliss-reactive ketones (excluding diaryl/α,β-unsaturated/α-hetero) is 1. The Balaban J connectivity index is 1.87. The van der Waals surface area contributed by atoms with Crippen molar-refractivity contribution >= 4 is 17.7 Å². The molecule has 0 radical (unpaired) electrons. The van der Waals surface area contributed by atoms with Crippen molar-refractivity contribution < 1.29 is 33.3 Å². The molecular formula is C24H27NO7. The molecule has 0 fully saturated rings. The number of carbonyl (C=O) groups is 3. The molecule has 1 aliphatic carbocycles. The van der Waals surface area contributed by atoms with E-state index in [1.165, 1.54) is 7.11 Å². The maximum atomic E-state index is 13.7. The van der Waals surface area contributed by atoms with Gasteiger partial charge in [-0.3, -0.25) is 9.59 Å². The van der Waals surface area contributed by atoms with E-state index in [0.717, 1.165) is 0 Å². The van der Waals surface area contributed by atoms with Gasteiger partial charge in [0.15, 0.2) is 17.3 Å². The largest absolute Gasteiger partial charge is 0.468 e. The molecule has 1 aromatic carbocycles. The third-order valence-electron chi connectivity index (χ3n) is 6.04. The first-order chi connectivity index (χ1) is 15.2. The van der Waals surface area contributed by atoms with Crippen molar-refractivity contribution in [3.8, 4) is 11.5 Å². The standard InChI is InChI=1S/C24H27NO7/c1-11(2)32-24(28)19-13(4)25-15-8-12(3)18(23(27)29-5)22(26)21(15)20(19)14-6-7-16-17(9-14)31-10-30-16/h6-7,9,11-12,18,20,25H,8,10H2,1-5H3/t12-,18+,20-/m0/s1. The second-order valence-corrected chi connectivity index (χ2v) is 8.60. The van der Waals surface area contributed by atoms with Gasteiger partial charge in [-0.2, -0.15) is 0 Å². The Labute approximate surface area is 186 Å². The molecule has 0 spiro atoms. The van der Waals surface area contributed by atoms with Crippen LogP contribution in [-0.4, -0.2) is 37.7 Å². The molecule has 0 saturated heterocycles. The van der Waals surface area contributed by atoms with Crippen LogP contribution in [0, 0.1) is 11.8 Å². The molecule has 170 valence electrons. The minimum atomic E-state index is -0.933. The third-order valence-corrected chi connectivity index (χ3v) is 6.04. The van der Waals surface area contributed by atoms with Gasteiger partial charge in [0, 0.05) is 22.9 Å². The van der Waals surface area contributed by atoms with E-state index in [0.29, 0.717) is 46.0 Å². The molecule has 1 N–H and O–H groups in total. The Kier molecular flexibility index (Phi) is 5.71. The van der Waals surface area contributed by atoms with Gasteiger partial charge in [0.05, 0.1) is 18.8 Å². The number of esters is 2. The van der Waals surface area contributed by atoms with Crippen molar-refractivity contribution in [1.82, 2.24) is 5.32 Å². The summed E-state index contributed by atoms with van der Waals surface area (Å²) < 4.78 is 21.4. The molecule has 0 unspecified atom stereocenters. The Hall–Kier alpha value is -3.29. The Morgan fingerprint density at radius 1 is 1.19 bits per heavy atom. The van der Waals surface area contributed by atoms with Gasteiger partial charge in [-0.1, -0.05) is 13.0 Å². The molecule has 1 aromatic rings. The van der Waals surface area contributed by atoms with E-state index in [9.17, 15) is 14.4 Å². The predicted octanol–water partition coefficient (Wildman–Crippen LogP) is 2.98. The SMILES string of the molecule is COC(=O)[C@H]1C(=O)C2=C(C[C@@H]1C)NC(C)=C(C(=O)OC(C)C)[C@@H]2c1ccc2c(c1)OCO2. The lowest BCUT2D eigenvalue weighted by Crippen LogP contribution is -2.43. The van der Waals surface area contributed by atoms with Crippen LogP contribution in [-0.2, 0) is 23.9 Å². The number of methoxy groups -OCH3 is 1. The summed E-state index contributed by atoms with van der Waals surface area (Å²) in [6.45, 7) is 7.29. The fourth-order valence-electron chi connectivity index (χ4n) is 4.65. The zero-order valence-corrected chi connectivity index (χ0v) is 18.8. The van der Waals surface area contributed by atoms with Crippen LogP contribution in [0.4, 0.5) is 0 Å². The lowest BCUT2D eigenvalue weighted by atomic mass is 9.69. The molecule has 0 aromatic heterocycles. The molecule has 3 atom stereocenters. The molecule has 32 heavy (non-hydrogen) atoms. The number of benzene rings is 1. The molecule has 0 amide bonds. The summed E-state index contributed by atoms with van der Waals surface area (Å²) in [4.78, 5) is 39.3. The van der Waals surface area contributed by atoms with Gasteiger partial charge >= 0.3 is 11.9 Å².